The number of methoxy groups -OCH3 is 1. The summed E-state index contributed by atoms with van der Waals surface area (Å²) in [6, 6.07) is 5.91. The summed E-state index contributed by atoms with van der Waals surface area (Å²) in [5, 5.41) is 9.52. The fraction of sp³-hybridized carbons (Fsp3) is 0.440. The third kappa shape index (κ3) is 4.29. The molecule has 5 rings (SSSR count). The van der Waals surface area contributed by atoms with Crippen LogP contribution in [0.2, 0.25) is 0 Å². The maximum Gasteiger partial charge on any atom is 0.255 e. The van der Waals surface area contributed by atoms with Crippen LogP contribution >= 0.6 is 0 Å². The van der Waals surface area contributed by atoms with Gasteiger partial charge in [-0.2, -0.15) is 5.26 Å². The highest BCUT2D eigenvalue weighted by Gasteiger charge is 2.41. The lowest BCUT2D eigenvalue weighted by Crippen LogP contribution is -2.40. The number of nitrogens with zero attached hydrogens (tertiary/aromatic N) is 4. The molecule has 1 saturated heterocycles. The van der Waals surface area contributed by atoms with Crippen LogP contribution in [0.3, 0.4) is 0 Å². The molecule has 2 aromatic rings. The van der Waals surface area contributed by atoms with Crippen molar-refractivity contribution >= 4 is 11.5 Å². The fourth-order valence-electron chi connectivity index (χ4n) is 4.20. The number of carbonyl (C=O) groups excluding carboxylic acids is 1. The van der Waals surface area contributed by atoms with Gasteiger partial charge in [0.25, 0.3) is 5.91 Å². The monoisotopic (exact) mass is 446 g/mol. The van der Waals surface area contributed by atoms with Gasteiger partial charge in [0.05, 0.1) is 60.2 Å². The quantitative estimate of drug-likeness (QED) is 0.673. The zero-order chi connectivity index (χ0) is 23.0. The molecule has 1 aliphatic heterocycles. The van der Waals surface area contributed by atoms with E-state index < -0.39 is 0 Å². The summed E-state index contributed by atoms with van der Waals surface area (Å²) in [5.74, 6) is 1.18. The largest absolute Gasteiger partial charge is 0.495 e. The second kappa shape index (κ2) is 8.49. The summed E-state index contributed by atoms with van der Waals surface area (Å²) in [6.07, 6.45) is 6.53. The van der Waals surface area contributed by atoms with Crippen LogP contribution in [-0.4, -0.2) is 59.8 Å². The van der Waals surface area contributed by atoms with Gasteiger partial charge in [-0.05, 0) is 25.8 Å². The van der Waals surface area contributed by atoms with Gasteiger partial charge in [0, 0.05) is 38.2 Å². The summed E-state index contributed by atoms with van der Waals surface area (Å²) in [6.45, 7) is 4.32. The van der Waals surface area contributed by atoms with Gasteiger partial charge in [-0.1, -0.05) is 6.08 Å². The standard InChI is InChI=1S/C25H26N4O4/c1-25(5-6-25)33-22-13-18(28-19-4-3-16(14-26)23(19)22)12-20-21(31-2)11-17(15-27-20)24(30)29-7-9-32-10-8-29/h3,11,13,15H,4-10,12H2,1-2H3. The SMILES string of the molecule is COc1cc(C(=O)N2CCOCC2)cnc1Cc1cc(OC2(C)CC2)c2c(n1)CC=C2C#N. The minimum Gasteiger partial charge on any atom is -0.495 e. The topological polar surface area (TPSA) is 97.6 Å². The average Bonchev–Trinajstić information content (AvgIpc) is 3.41. The molecule has 1 saturated carbocycles. The normalized spacial score (nSPS) is 18.2. The van der Waals surface area contributed by atoms with Gasteiger partial charge in [0.2, 0.25) is 0 Å². The number of nitriles is 1. The van der Waals surface area contributed by atoms with E-state index in [0.29, 0.717) is 67.5 Å². The first kappa shape index (κ1) is 21.4. The number of carbonyl (C=O) groups is 1. The number of allylic oxidation sites excluding steroid dienone is 2. The molecule has 0 spiro atoms. The Balaban J connectivity index is 1.42. The third-order valence-electron chi connectivity index (χ3n) is 6.36. The Morgan fingerprint density at radius 3 is 2.76 bits per heavy atom. The molecule has 0 unspecified atom stereocenters. The van der Waals surface area contributed by atoms with Crippen LogP contribution in [0, 0.1) is 11.3 Å². The molecular formula is C25H26N4O4. The number of fused-ring (bicyclic) bond motifs is 1. The molecule has 0 aromatic carbocycles. The van der Waals surface area contributed by atoms with Crippen molar-refractivity contribution in [2.24, 2.45) is 0 Å². The van der Waals surface area contributed by atoms with Crippen molar-refractivity contribution in [2.45, 2.75) is 38.2 Å². The highest BCUT2D eigenvalue weighted by Crippen LogP contribution is 2.44. The number of hydrogen-bond acceptors (Lipinski definition) is 7. The highest BCUT2D eigenvalue weighted by atomic mass is 16.5. The van der Waals surface area contributed by atoms with Gasteiger partial charge >= 0.3 is 0 Å². The van der Waals surface area contributed by atoms with Gasteiger partial charge < -0.3 is 19.1 Å². The summed E-state index contributed by atoms with van der Waals surface area (Å²) in [7, 11) is 1.57. The lowest BCUT2D eigenvalue weighted by atomic mass is 10.1. The summed E-state index contributed by atoms with van der Waals surface area (Å²) in [5.41, 5.74) is 4.07. The molecular weight excluding hydrogens is 420 g/mol. The van der Waals surface area contributed by atoms with Crippen LogP contribution in [0.15, 0.2) is 24.4 Å². The molecule has 3 aliphatic rings. The van der Waals surface area contributed by atoms with E-state index in [9.17, 15) is 10.1 Å². The first-order valence-corrected chi connectivity index (χ1v) is 11.2. The van der Waals surface area contributed by atoms with Gasteiger partial charge in [0.1, 0.15) is 17.1 Å². The van der Waals surface area contributed by atoms with Crippen LogP contribution < -0.4 is 9.47 Å². The lowest BCUT2D eigenvalue weighted by molar-refractivity contribution is 0.0302. The maximum absolute atomic E-state index is 12.8. The van der Waals surface area contributed by atoms with Crippen molar-refractivity contribution in [3.63, 3.8) is 0 Å². The van der Waals surface area contributed by atoms with E-state index in [1.54, 1.807) is 24.3 Å². The molecule has 1 amide bonds. The zero-order valence-electron chi connectivity index (χ0n) is 18.9. The number of rotatable bonds is 6. The van der Waals surface area contributed by atoms with Gasteiger partial charge in [-0.3, -0.25) is 14.8 Å². The smallest absolute Gasteiger partial charge is 0.255 e. The van der Waals surface area contributed by atoms with E-state index in [2.05, 4.69) is 18.0 Å². The predicted octanol–water partition coefficient (Wildman–Crippen LogP) is 2.94. The average molecular weight is 447 g/mol. The number of amides is 1. The van der Waals surface area contributed by atoms with Crippen LogP contribution in [0.5, 0.6) is 11.5 Å². The summed E-state index contributed by atoms with van der Waals surface area (Å²) >= 11 is 0. The van der Waals surface area contributed by atoms with Crippen molar-refractivity contribution in [1.29, 1.82) is 5.26 Å². The van der Waals surface area contributed by atoms with Gasteiger partial charge in [-0.25, -0.2) is 0 Å². The minimum absolute atomic E-state index is 0.0743. The van der Waals surface area contributed by atoms with Crippen LogP contribution in [0.4, 0.5) is 0 Å². The Morgan fingerprint density at radius 1 is 1.27 bits per heavy atom. The van der Waals surface area contributed by atoms with Crippen molar-refractivity contribution in [3.05, 3.63) is 52.6 Å². The third-order valence-corrected chi connectivity index (χ3v) is 6.36. The van der Waals surface area contributed by atoms with E-state index in [1.807, 2.05) is 12.1 Å². The van der Waals surface area contributed by atoms with Gasteiger partial charge in [0.15, 0.2) is 0 Å². The number of morpholine rings is 1. The fourth-order valence-corrected chi connectivity index (χ4v) is 4.20. The Bertz CT molecular complexity index is 1170. The number of pyridine rings is 2. The van der Waals surface area contributed by atoms with Crippen molar-refractivity contribution in [3.8, 4) is 17.6 Å². The number of hydrogen-bond donors (Lipinski definition) is 0. The van der Waals surface area contributed by atoms with Crippen LogP contribution in [0.25, 0.3) is 5.57 Å². The van der Waals surface area contributed by atoms with E-state index in [4.69, 9.17) is 19.2 Å². The molecule has 2 aliphatic carbocycles. The molecule has 0 atom stereocenters. The zero-order valence-corrected chi connectivity index (χ0v) is 18.9. The lowest BCUT2D eigenvalue weighted by Gasteiger charge is -2.27. The van der Waals surface area contributed by atoms with Crippen molar-refractivity contribution in [2.75, 3.05) is 33.4 Å². The second-order valence-electron chi connectivity index (χ2n) is 8.87. The first-order valence-electron chi connectivity index (χ1n) is 11.2. The molecule has 0 bridgehead atoms. The molecule has 2 aromatic heterocycles. The van der Waals surface area contributed by atoms with Crippen LogP contribution in [-0.2, 0) is 17.6 Å². The number of ether oxygens (including phenoxy) is 3. The first-order chi connectivity index (χ1) is 16.0. The van der Waals surface area contributed by atoms with Crippen molar-refractivity contribution in [1.82, 2.24) is 14.9 Å². The van der Waals surface area contributed by atoms with E-state index in [0.717, 1.165) is 29.8 Å². The molecule has 0 N–H and O–H groups in total. The predicted molar refractivity (Wildman–Crippen MR) is 120 cm³/mol. The summed E-state index contributed by atoms with van der Waals surface area (Å²) < 4.78 is 17.2. The molecule has 2 fully saturated rings. The van der Waals surface area contributed by atoms with E-state index in [-0.39, 0.29) is 11.5 Å². The Labute approximate surface area is 192 Å². The molecule has 33 heavy (non-hydrogen) atoms. The Kier molecular flexibility index (Phi) is 5.51. The van der Waals surface area contributed by atoms with Gasteiger partial charge in [-0.15, -0.1) is 0 Å². The molecule has 170 valence electrons. The van der Waals surface area contributed by atoms with E-state index in [1.165, 1.54) is 0 Å². The molecule has 8 nitrogen and oxygen atoms in total. The number of aromatic nitrogens is 2. The maximum atomic E-state index is 12.8. The molecule has 8 heteroatoms. The minimum atomic E-state index is -0.174. The molecule has 0 radical (unpaired) electrons. The highest BCUT2D eigenvalue weighted by molar-refractivity contribution is 5.94. The van der Waals surface area contributed by atoms with Crippen LogP contribution in [0.1, 0.15) is 52.8 Å². The van der Waals surface area contributed by atoms with E-state index >= 15 is 0 Å². The molecule has 3 heterocycles. The summed E-state index contributed by atoms with van der Waals surface area (Å²) in [4.78, 5) is 23.9. The Hall–Kier alpha value is -3.44. The second-order valence-corrected chi connectivity index (χ2v) is 8.87. The Morgan fingerprint density at radius 2 is 2.06 bits per heavy atom. The van der Waals surface area contributed by atoms with Crippen molar-refractivity contribution < 1.29 is 19.0 Å².